The zero-order valence-corrected chi connectivity index (χ0v) is 11.9. The van der Waals surface area contributed by atoms with E-state index in [0.717, 1.165) is 24.1 Å². The Labute approximate surface area is 119 Å². The van der Waals surface area contributed by atoms with Crippen molar-refractivity contribution in [2.45, 2.75) is 31.8 Å². The Kier molecular flexibility index (Phi) is 4.87. The molecule has 2 rings (SSSR count). The molecule has 1 aromatic rings. The van der Waals surface area contributed by atoms with E-state index in [2.05, 4.69) is 0 Å². The van der Waals surface area contributed by atoms with E-state index in [1.165, 1.54) is 17.9 Å². The molecule has 5 N–H and O–H groups in total. The zero-order valence-electron chi connectivity index (χ0n) is 11.9. The molecule has 0 aromatic heterocycles. The van der Waals surface area contributed by atoms with Gasteiger partial charge in [-0.2, -0.15) is 0 Å². The Morgan fingerprint density at radius 1 is 1.30 bits per heavy atom. The monoisotopic (exact) mass is 277 g/mol. The Morgan fingerprint density at radius 2 is 1.90 bits per heavy atom. The topological polar surface area (TPSA) is 84.7 Å². The largest absolute Gasteiger partial charge is 0.508 e. The minimum absolute atomic E-state index is 0.214. The Bertz CT molecular complexity index is 463. The van der Waals surface area contributed by atoms with E-state index in [4.69, 9.17) is 16.3 Å². The lowest BCUT2D eigenvalue weighted by Gasteiger charge is -2.22. The van der Waals surface area contributed by atoms with E-state index in [-0.39, 0.29) is 5.75 Å². The van der Waals surface area contributed by atoms with Gasteiger partial charge in [0.25, 0.3) is 0 Å². The lowest BCUT2D eigenvalue weighted by molar-refractivity contribution is 0.0645. The second-order valence-electron chi connectivity index (χ2n) is 5.24. The summed E-state index contributed by atoms with van der Waals surface area (Å²) in [6, 6.07) is 6.75. The Morgan fingerprint density at radius 3 is 2.45 bits per heavy atom. The van der Waals surface area contributed by atoms with Crippen LogP contribution in [0.4, 0.5) is 0 Å². The highest BCUT2D eigenvalue weighted by atomic mass is 16.5. The average Bonchev–Trinajstić information content (AvgIpc) is 2.92. The van der Waals surface area contributed by atoms with Gasteiger partial charge in [-0.25, -0.2) is 5.84 Å². The molecule has 0 unspecified atom stereocenters. The van der Waals surface area contributed by atoms with Crippen molar-refractivity contribution < 1.29 is 9.84 Å². The van der Waals surface area contributed by atoms with E-state index in [0.29, 0.717) is 18.4 Å². The predicted octanol–water partition coefficient (Wildman–Crippen LogP) is 1.78. The van der Waals surface area contributed by atoms with Crippen LogP contribution in [0.1, 0.15) is 31.2 Å². The molecule has 5 heteroatoms. The number of ether oxygens (including phenoxy) is 1. The van der Waals surface area contributed by atoms with Crippen LogP contribution in [0.25, 0.3) is 5.70 Å². The van der Waals surface area contributed by atoms with Crippen LogP contribution in [0.15, 0.2) is 30.0 Å². The third kappa shape index (κ3) is 3.65. The number of nitrogens with zero attached hydrogens (tertiary/aromatic N) is 1. The van der Waals surface area contributed by atoms with Crippen molar-refractivity contribution in [3.05, 3.63) is 35.5 Å². The SMILES string of the molecule is CN(N)/C(COC1CCCC1)=C(\N)c1ccc(O)cc1. The molecule has 0 amide bonds. The second kappa shape index (κ2) is 6.63. The number of phenols is 1. The quantitative estimate of drug-likeness (QED) is 0.564. The number of nitrogens with two attached hydrogens (primary N) is 2. The summed E-state index contributed by atoms with van der Waals surface area (Å²) < 4.78 is 5.88. The summed E-state index contributed by atoms with van der Waals surface area (Å²) in [6.45, 7) is 0.407. The molecule has 0 aliphatic heterocycles. The Balaban J connectivity index is 2.12. The number of aromatic hydroxyl groups is 1. The van der Waals surface area contributed by atoms with Gasteiger partial charge in [-0.05, 0) is 42.7 Å². The minimum atomic E-state index is 0.214. The summed E-state index contributed by atoms with van der Waals surface area (Å²) >= 11 is 0. The van der Waals surface area contributed by atoms with Crippen LogP contribution < -0.4 is 11.6 Å². The number of benzene rings is 1. The third-order valence-corrected chi connectivity index (χ3v) is 3.67. The smallest absolute Gasteiger partial charge is 0.115 e. The first-order valence-corrected chi connectivity index (χ1v) is 6.96. The molecule has 0 bridgehead atoms. The second-order valence-corrected chi connectivity index (χ2v) is 5.24. The van der Waals surface area contributed by atoms with Crippen molar-refractivity contribution in [2.24, 2.45) is 11.6 Å². The normalized spacial score (nSPS) is 17.1. The van der Waals surface area contributed by atoms with Gasteiger partial charge in [0.2, 0.25) is 0 Å². The molecular formula is C15H23N3O2. The van der Waals surface area contributed by atoms with E-state index >= 15 is 0 Å². The van der Waals surface area contributed by atoms with Crippen molar-refractivity contribution in [3.63, 3.8) is 0 Å². The first kappa shape index (κ1) is 14.7. The summed E-state index contributed by atoms with van der Waals surface area (Å²) in [5.41, 5.74) is 8.32. The molecule has 0 radical (unpaired) electrons. The lowest BCUT2D eigenvalue weighted by atomic mass is 10.1. The van der Waals surface area contributed by atoms with Crippen LogP contribution in [0.3, 0.4) is 0 Å². The molecule has 1 saturated carbocycles. The van der Waals surface area contributed by atoms with Crippen LogP contribution in [-0.2, 0) is 4.74 Å². The molecule has 1 aliphatic carbocycles. The zero-order chi connectivity index (χ0) is 14.5. The van der Waals surface area contributed by atoms with Gasteiger partial charge in [-0.15, -0.1) is 0 Å². The van der Waals surface area contributed by atoms with Crippen LogP contribution >= 0.6 is 0 Å². The van der Waals surface area contributed by atoms with Gasteiger partial charge in [0.15, 0.2) is 0 Å². The fourth-order valence-corrected chi connectivity index (χ4v) is 2.43. The van der Waals surface area contributed by atoms with Gasteiger partial charge in [0.1, 0.15) is 5.75 Å². The van der Waals surface area contributed by atoms with Crippen molar-refractivity contribution in [1.29, 1.82) is 0 Å². The van der Waals surface area contributed by atoms with Crippen molar-refractivity contribution >= 4 is 5.70 Å². The number of likely N-dealkylation sites (N-methyl/N-ethyl adjacent to an activating group) is 1. The molecule has 0 heterocycles. The molecule has 1 fully saturated rings. The number of rotatable bonds is 5. The van der Waals surface area contributed by atoms with E-state index in [9.17, 15) is 5.11 Å². The number of hydrogen-bond acceptors (Lipinski definition) is 5. The summed E-state index contributed by atoms with van der Waals surface area (Å²) in [5.74, 6) is 6.07. The summed E-state index contributed by atoms with van der Waals surface area (Å²) in [7, 11) is 1.75. The molecule has 110 valence electrons. The summed E-state index contributed by atoms with van der Waals surface area (Å²) in [5, 5.41) is 10.8. The van der Waals surface area contributed by atoms with E-state index in [1.54, 1.807) is 31.3 Å². The minimum Gasteiger partial charge on any atom is -0.508 e. The van der Waals surface area contributed by atoms with Crippen molar-refractivity contribution in [2.75, 3.05) is 13.7 Å². The molecule has 5 nitrogen and oxygen atoms in total. The number of phenolic OH excluding ortho intramolecular Hbond substituents is 1. The number of hydrogen-bond donors (Lipinski definition) is 3. The van der Waals surface area contributed by atoms with Crippen molar-refractivity contribution in [1.82, 2.24) is 5.01 Å². The van der Waals surface area contributed by atoms with Gasteiger partial charge in [-0.3, -0.25) is 0 Å². The summed E-state index contributed by atoms with van der Waals surface area (Å²) in [6.07, 6.45) is 5.00. The molecular weight excluding hydrogens is 254 g/mol. The highest BCUT2D eigenvalue weighted by Crippen LogP contribution is 2.23. The first-order valence-electron chi connectivity index (χ1n) is 6.96. The highest BCUT2D eigenvalue weighted by Gasteiger charge is 2.17. The highest BCUT2D eigenvalue weighted by molar-refractivity contribution is 5.66. The van der Waals surface area contributed by atoms with Gasteiger partial charge in [-0.1, -0.05) is 12.8 Å². The van der Waals surface area contributed by atoms with Gasteiger partial charge < -0.3 is 20.6 Å². The fourth-order valence-electron chi connectivity index (χ4n) is 2.43. The van der Waals surface area contributed by atoms with Gasteiger partial charge in [0, 0.05) is 7.05 Å². The molecule has 20 heavy (non-hydrogen) atoms. The van der Waals surface area contributed by atoms with Crippen LogP contribution in [0.5, 0.6) is 5.75 Å². The maximum atomic E-state index is 9.32. The van der Waals surface area contributed by atoms with Gasteiger partial charge >= 0.3 is 0 Å². The molecule has 0 saturated heterocycles. The average molecular weight is 277 g/mol. The molecule has 0 atom stereocenters. The molecule has 1 aromatic carbocycles. The standard InChI is InChI=1S/C15H23N3O2/c1-18(17)14(10-20-13-4-2-3-5-13)15(16)11-6-8-12(19)9-7-11/h6-9,13,19H,2-5,10,16-17H2,1H3/b15-14-. The maximum absolute atomic E-state index is 9.32. The fraction of sp³-hybridized carbons (Fsp3) is 0.467. The lowest BCUT2D eigenvalue weighted by Crippen LogP contribution is -2.31. The van der Waals surface area contributed by atoms with Gasteiger partial charge in [0.05, 0.1) is 24.1 Å². The van der Waals surface area contributed by atoms with E-state index in [1.807, 2.05) is 0 Å². The first-order chi connectivity index (χ1) is 9.58. The number of hydrazine groups is 1. The van der Waals surface area contributed by atoms with Crippen LogP contribution in [-0.4, -0.2) is 29.9 Å². The molecule has 0 spiro atoms. The van der Waals surface area contributed by atoms with Crippen LogP contribution in [0, 0.1) is 0 Å². The Hall–Kier alpha value is -1.72. The summed E-state index contributed by atoms with van der Waals surface area (Å²) in [4.78, 5) is 0. The third-order valence-electron chi connectivity index (χ3n) is 3.67. The van der Waals surface area contributed by atoms with Crippen LogP contribution in [0.2, 0.25) is 0 Å². The van der Waals surface area contributed by atoms with Crippen molar-refractivity contribution in [3.8, 4) is 5.75 Å². The predicted molar refractivity (Wildman–Crippen MR) is 79.4 cm³/mol. The molecule has 1 aliphatic rings. The van der Waals surface area contributed by atoms with E-state index < -0.39 is 0 Å². The maximum Gasteiger partial charge on any atom is 0.115 e.